The Hall–Kier alpha value is -2.84. The van der Waals surface area contributed by atoms with E-state index in [2.05, 4.69) is 35.0 Å². The highest BCUT2D eigenvalue weighted by atomic mass is 16.5. The van der Waals surface area contributed by atoms with Crippen LogP contribution in [0.4, 0.5) is 5.69 Å². The summed E-state index contributed by atoms with van der Waals surface area (Å²) in [5.41, 5.74) is 2.30. The van der Waals surface area contributed by atoms with Gasteiger partial charge in [-0.25, -0.2) is 0 Å². The van der Waals surface area contributed by atoms with Crippen molar-refractivity contribution in [1.82, 2.24) is 4.90 Å². The first-order valence-corrected chi connectivity index (χ1v) is 8.77. The summed E-state index contributed by atoms with van der Waals surface area (Å²) in [5, 5.41) is 11.9. The number of nitriles is 1. The molecule has 1 saturated heterocycles. The Balaban J connectivity index is 1.91. The molecular formula is C21H25N3O2. The molecule has 1 N–H and O–H groups in total. The van der Waals surface area contributed by atoms with Crippen LogP contribution < -0.4 is 10.1 Å². The topological polar surface area (TPSA) is 65.4 Å². The van der Waals surface area contributed by atoms with Crippen LogP contribution in [-0.4, -0.2) is 37.0 Å². The summed E-state index contributed by atoms with van der Waals surface area (Å²) in [6, 6.07) is 7.24. The fourth-order valence-electron chi connectivity index (χ4n) is 2.93. The number of piperidine rings is 1. The predicted octanol–water partition coefficient (Wildman–Crippen LogP) is 3.66. The number of hydrogen-bond donors (Lipinski definition) is 1. The molecule has 0 spiro atoms. The molecule has 0 unspecified atom stereocenters. The number of carbonyl (C=O) groups is 1. The van der Waals surface area contributed by atoms with Crippen LogP contribution >= 0.6 is 0 Å². The fourth-order valence-corrected chi connectivity index (χ4v) is 2.93. The first-order chi connectivity index (χ1) is 12.7. The van der Waals surface area contributed by atoms with Gasteiger partial charge in [0.05, 0.1) is 5.56 Å². The van der Waals surface area contributed by atoms with Gasteiger partial charge in [-0.15, -0.1) is 0 Å². The summed E-state index contributed by atoms with van der Waals surface area (Å²) in [4.78, 5) is 12.9. The molecule has 136 valence electrons. The maximum Gasteiger partial charge on any atom is 0.211 e. The van der Waals surface area contributed by atoms with E-state index >= 15 is 0 Å². The zero-order valence-corrected chi connectivity index (χ0v) is 15.1. The number of amides is 1. The van der Waals surface area contributed by atoms with Gasteiger partial charge in [-0.1, -0.05) is 30.9 Å². The Labute approximate surface area is 155 Å². The zero-order valence-electron chi connectivity index (χ0n) is 15.1. The van der Waals surface area contributed by atoms with Crippen molar-refractivity contribution in [1.29, 1.82) is 5.26 Å². The Morgan fingerprint density at radius 3 is 2.85 bits per heavy atom. The Bertz CT molecular complexity index is 723. The van der Waals surface area contributed by atoms with Crippen molar-refractivity contribution in [3.05, 3.63) is 60.2 Å². The minimum Gasteiger partial charge on any atom is -0.489 e. The van der Waals surface area contributed by atoms with Crippen molar-refractivity contribution in [3.8, 4) is 11.8 Å². The summed E-state index contributed by atoms with van der Waals surface area (Å²) in [7, 11) is 0. The number of ether oxygens (including phenoxy) is 1. The van der Waals surface area contributed by atoms with Gasteiger partial charge in [0, 0.05) is 25.3 Å². The lowest BCUT2D eigenvalue weighted by Gasteiger charge is -2.32. The van der Waals surface area contributed by atoms with Crippen LogP contribution in [0.1, 0.15) is 25.3 Å². The van der Waals surface area contributed by atoms with Crippen LogP contribution in [0.25, 0.3) is 0 Å². The zero-order chi connectivity index (χ0) is 18.8. The van der Waals surface area contributed by atoms with Gasteiger partial charge >= 0.3 is 0 Å². The first kappa shape index (κ1) is 19.5. The summed E-state index contributed by atoms with van der Waals surface area (Å²) < 4.78 is 6.05. The highest BCUT2D eigenvalue weighted by Crippen LogP contribution is 2.25. The van der Waals surface area contributed by atoms with E-state index in [9.17, 15) is 10.1 Å². The molecule has 0 atom stereocenters. The fraction of sp³-hybridized carbons (Fsp3) is 0.333. The van der Waals surface area contributed by atoms with Crippen LogP contribution in [0, 0.1) is 11.3 Å². The smallest absolute Gasteiger partial charge is 0.211 e. The van der Waals surface area contributed by atoms with E-state index in [1.165, 1.54) is 5.57 Å². The maximum absolute atomic E-state index is 10.5. The molecule has 0 saturated carbocycles. The van der Waals surface area contributed by atoms with Crippen molar-refractivity contribution in [2.24, 2.45) is 0 Å². The van der Waals surface area contributed by atoms with Gasteiger partial charge in [-0.2, -0.15) is 5.26 Å². The monoisotopic (exact) mass is 351 g/mol. The Morgan fingerprint density at radius 1 is 1.46 bits per heavy atom. The van der Waals surface area contributed by atoms with Crippen LogP contribution in [0.2, 0.25) is 0 Å². The van der Waals surface area contributed by atoms with Gasteiger partial charge in [0.25, 0.3) is 0 Å². The average Bonchev–Trinajstić information content (AvgIpc) is 2.67. The third-order valence-electron chi connectivity index (χ3n) is 4.38. The second-order valence-corrected chi connectivity index (χ2v) is 6.14. The lowest BCUT2D eigenvalue weighted by atomic mass is 10.1. The molecule has 0 bridgehead atoms. The highest BCUT2D eigenvalue weighted by Gasteiger charge is 2.21. The third kappa shape index (κ3) is 5.61. The van der Waals surface area contributed by atoms with Crippen molar-refractivity contribution in [3.63, 3.8) is 0 Å². The quantitative estimate of drug-likeness (QED) is 0.573. The summed E-state index contributed by atoms with van der Waals surface area (Å²) in [6.45, 7) is 8.58. The molecule has 1 heterocycles. The molecule has 1 fully saturated rings. The number of rotatable bonds is 8. The number of anilines is 1. The number of carbonyl (C=O) groups excluding carboxylic acids is 1. The van der Waals surface area contributed by atoms with E-state index in [4.69, 9.17) is 4.74 Å². The Kier molecular flexibility index (Phi) is 7.66. The number of likely N-dealkylation sites (tertiary alicyclic amines) is 1. The minimum atomic E-state index is 0.0982. The molecule has 0 aliphatic carbocycles. The van der Waals surface area contributed by atoms with Crippen molar-refractivity contribution in [2.45, 2.75) is 25.9 Å². The molecule has 1 aromatic rings. The molecule has 5 heteroatoms. The van der Waals surface area contributed by atoms with E-state index < -0.39 is 0 Å². The number of allylic oxidation sites excluding steroid dienone is 3. The third-order valence-corrected chi connectivity index (χ3v) is 4.38. The molecule has 1 amide bonds. The van der Waals surface area contributed by atoms with Gasteiger partial charge in [0.2, 0.25) is 6.41 Å². The van der Waals surface area contributed by atoms with E-state index in [-0.39, 0.29) is 6.10 Å². The van der Waals surface area contributed by atoms with E-state index in [0.717, 1.165) is 32.5 Å². The van der Waals surface area contributed by atoms with Crippen LogP contribution in [0.15, 0.2) is 54.7 Å². The molecule has 1 aromatic carbocycles. The van der Waals surface area contributed by atoms with Crippen molar-refractivity contribution in [2.75, 3.05) is 25.0 Å². The largest absolute Gasteiger partial charge is 0.489 e. The second kappa shape index (κ2) is 10.2. The maximum atomic E-state index is 10.5. The molecule has 1 aliphatic heterocycles. The second-order valence-electron chi connectivity index (χ2n) is 6.14. The van der Waals surface area contributed by atoms with Crippen molar-refractivity contribution < 1.29 is 9.53 Å². The predicted molar refractivity (Wildman–Crippen MR) is 104 cm³/mol. The molecule has 0 radical (unpaired) electrons. The minimum absolute atomic E-state index is 0.0982. The van der Waals surface area contributed by atoms with E-state index in [0.29, 0.717) is 23.4 Å². The highest BCUT2D eigenvalue weighted by molar-refractivity contribution is 5.72. The molecule has 1 aliphatic rings. The normalized spacial score (nSPS) is 16.2. The first-order valence-electron chi connectivity index (χ1n) is 8.77. The number of nitrogens with one attached hydrogen (secondary N) is 1. The number of nitrogens with zero attached hydrogens (tertiary/aromatic N) is 2. The number of hydrogen-bond acceptors (Lipinski definition) is 4. The van der Waals surface area contributed by atoms with Crippen LogP contribution in [-0.2, 0) is 4.79 Å². The molecule has 5 nitrogen and oxygen atoms in total. The van der Waals surface area contributed by atoms with Gasteiger partial charge < -0.3 is 10.1 Å². The lowest BCUT2D eigenvalue weighted by Crippen LogP contribution is -2.39. The van der Waals surface area contributed by atoms with Crippen LogP contribution in [0.3, 0.4) is 0 Å². The van der Waals surface area contributed by atoms with Gasteiger partial charge in [-0.3, -0.25) is 9.69 Å². The molecule has 0 aromatic heterocycles. The summed E-state index contributed by atoms with van der Waals surface area (Å²) >= 11 is 0. The van der Waals surface area contributed by atoms with Gasteiger partial charge in [-0.05, 0) is 43.5 Å². The average molecular weight is 351 g/mol. The van der Waals surface area contributed by atoms with Gasteiger partial charge in [0.1, 0.15) is 17.9 Å². The Morgan fingerprint density at radius 2 is 2.23 bits per heavy atom. The summed E-state index contributed by atoms with van der Waals surface area (Å²) in [6.07, 6.45) is 10.5. The number of benzene rings is 1. The van der Waals surface area contributed by atoms with Gasteiger partial charge in [0.15, 0.2) is 0 Å². The standard InChI is InChI=1S/C21H25N3O2/c1-3-5-6-17(4-2)15-24-11-9-20(10-12-24)26-21-8-7-19(23-16-25)13-18(21)14-22/h3-8,13,16,20H,1,9-12,15H2,2H3,(H,23,25)/b6-5-,17-4+. The van der Waals surface area contributed by atoms with Crippen LogP contribution in [0.5, 0.6) is 5.75 Å². The van der Waals surface area contributed by atoms with E-state index in [1.54, 1.807) is 24.3 Å². The summed E-state index contributed by atoms with van der Waals surface area (Å²) in [5.74, 6) is 0.574. The molecule has 2 rings (SSSR count). The lowest BCUT2D eigenvalue weighted by molar-refractivity contribution is -0.105. The molecular weight excluding hydrogens is 326 g/mol. The SMILES string of the molecule is C=C/C=C\C(=C/C)CN1CCC(Oc2ccc(NC=O)cc2C#N)CC1. The van der Waals surface area contributed by atoms with Crippen molar-refractivity contribution >= 4 is 12.1 Å². The van der Waals surface area contributed by atoms with E-state index in [1.807, 2.05) is 13.0 Å². The molecule has 26 heavy (non-hydrogen) atoms.